The van der Waals surface area contributed by atoms with Gasteiger partial charge in [0.25, 0.3) is 0 Å². The summed E-state index contributed by atoms with van der Waals surface area (Å²) in [5, 5.41) is 0. The van der Waals surface area contributed by atoms with Crippen LogP contribution in [0.3, 0.4) is 0 Å². The lowest BCUT2D eigenvalue weighted by Gasteiger charge is -2.40. The van der Waals surface area contributed by atoms with Gasteiger partial charge in [-0.2, -0.15) is 0 Å². The molecule has 1 saturated heterocycles. The molecule has 2 aromatic carbocycles. The van der Waals surface area contributed by atoms with Crippen LogP contribution >= 0.6 is 0 Å². The lowest BCUT2D eigenvalue weighted by atomic mass is 9.97. The van der Waals surface area contributed by atoms with Crippen molar-refractivity contribution in [1.29, 1.82) is 0 Å². The Balaban J connectivity index is 1.60. The second-order valence-electron chi connectivity index (χ2n) is 9.94. The van der Waals surface area contributed by atoms with Gasteiger partial charge < -0.3 is 20.3 Å². The van der Waals surface area contributed by atoms with Crippen molar-refractivity contribution in [1.82, 2.24) is 14.7 Å². The van der Waals surface area contributed by atoms with Gasteiger partial charge in [-0.05, 0) is 57.5 Å². The van der Waals surface area contributed by atoms with E-state index in [9.17, 15) is 4.79 Å². The Morgan fingerprint density at radius 1 is 1.00 bits per heavy atom. The standard InChI is InChI=1S/C30H46N4O2/c1-5-32(6-2)18-10-9-12-28(26-11-7-8-13-29(26)36-4)33-19-21-34(22-20-33)30(35)27(31)23-25-16-14-24(3)15-17-25/h7-8,11,13-17,27-28H,5-6,9-10,12,18-23,31H2,1-4H3/t27-,28?/m1/s1. The number of benzene rings is 2. The van der Waals surface area contributed by atoms with Crippen molar-refractivity contribution in [2.24, 2.45) is 5.73 Å². The molecular formula is C30H46N4O2. The Hall–Kier alpha value is -2.41. The molecule has 6 nitrogen and oxygen atoms in total. The smallest absolute Gasteiger partial charge is 0.239 e. The van der Waals surface area contributed by atoms with Crippen LogP contribution in [-0.4, -0.2) is 79.6 Å². The van der Waals surface area contributed by atoms with Crippen LogP contribution in [0.15, 0.2) is 48.5 Å². The number of ether oxygens (including phenoxy) is 1. The second-order valence-corrected chi connectivity index (χ2v) is 9.94. The third-order valence-corrected chi connectivity index (χ3v) is 7.55. The number of amides is 1. The van der Waals surface area contributed by atoms with E-state index in [1.54, 1.807) is 7.11 Å². The van der Waals surface area contributed by atoms with Gasteiger partial charge in [0, 0.05) is 37.8 Å². The number of hydrogen-bond acceptors (Lipinski definition) is 5. The van der Waals surface area contributed by atoms with E-state index in [0.29, 0.717) is 19.5 Å². The molecule has 0 saturated carbocycles. The molecule has 0 spiro atoms. The number of nitrogens with zero attached hydrogens (tertiary/aromatic N) is 3. The van der Waals surface area contributed by atoms with Crippen LogP contribution in [-0.2, 0) is 11.2 Å². The SMILES string of the molecule is CCN(CC)CCCCC(c1ccccc1OC)N1CCN(C(=O)[C@H](N)Cc2ccc(C)cc2)CC1. The van der Waals surface area contributed by atoms with Crippen molar-refractivity contribution >= 4 is 5.91 Å². The minimum Gasteiger partial charge on any atom is -0.496 e. The van der Waals surface area contributed by atoms with Crippen molar-refractivity contribution in [3.63, 3.8) is 0 Å². The Kier molecular flexibility index (Phi) is 11.2. The molecule has 1 unspecified atom stereocenters. The number of carbonyl (C=O) groups is 1. The fourth-order valence-corrected chi connectivity index (χ4v) is 5.24. The molecule has 0 aliphatic carbocycles. The number of para-hydroxylation sites is 1. The molecule has 2 aromatic rings. The van der Waals surface area contributed by atoms with Crippen molar-refractivity contribution in [3.05, 3.63) is 65.2 Å². The van der Waals surface area contributed by atoms with E-state index in [0.717, 1.165) is 50.5 Å². The molecule has 36 heavy (non-hydrogen) atoms. The molecule has 1 aliphatic heterocycles. The fourth-order valence-electron chi connectivity index (χ4n) is 5.24. The minimum absolute atomic E-state index is 0.0586. The number of hydrogen-bond donors (Lipinski definition) is 1. The Labute approximate surface area is 218 Å². The van der Waals surface area contributed by atoms with E-state index in [1.165, 1.54) is 24.0 Å². The number of nitrogens with two attached hydrogens (primary N) is 1. The number of methoxy groups -OCH3 is 1. The van der Waals surface area contributed by atoms with E-state index in [2.05, 4.69) is 73.0 Å². The Bertz CT molecular complexity index is 921. The maximum Gasteiger partial charge on any atom is 0.239 e. The van der Waals surface area contributed by atoms with Gasteiger partial charge in [0.1, 0.15) is 5.75 Å². The average molecular weight is 495 g/mol. The normalized spacial score (nSPS) is 16.2. The zero-order chi connectivity index (χ0) is 25.9. The lowest BCUT2D eigenvalue weighted by molar-refractivity contribution is -0.134. The van der Waals surface area contributed by atoms with Crippen molar-refractivity contribution in [2.45, 2.75) is 58.5 Å². The molecule has 198 valence electrons. The monoisotopic (exact) mass is 494 g/mol. The quantitative estimate of drug-likeness (QED) is 0.422. The van der Waals surface area contributed by atoms with E-state index >= 15 is 0 Å². The topological polar surface area (TPSA) is 62.0 Å². The van der Waals surface area contributed by atoms with Crippen LogP contribution in [0.4, 0.5) is 0 Å². The van der Waals surface area contributed by atoms with Gasteiger partial charge in [-0.25, -0.2) is 0 Å². The summed E-state index contributed by atoms with van der Waals surface area (Å²) in [6.45, 7) is 13.0. The molecular weight excluding hydrogens is 448 g/mol. The molecule has 1 fully saturated rings. The molecule has 1 heterocycles. The van der Waals surface area contributed by atoms with Crippen molar-refractivity contribution in [2.75, 3.05) is 52.9 Å². The fraction of sp³-hybridized carbons (Fsp3) is 0.567. The molecule has 3 rings (SSSR count). The van der Waals surface area contributed by atoms with Gasteiger partial charge in [-0.15, -0.1) is 0 Å². The van der Waals surface area contributed by atoms with Gasteiger partial charge in [0.15, 0.2) is 0 Å². The first-order valence-electron chi connectivity index (χ1n) is 13.7. The largest absolute Gasteiger partial charge is 0.496 e. The summed E-state index contributed by atoms with van der Waals surface area (Å²) in [6.07, 6.45) is 4.03. The zero-order valence-electron chi connectivity index (χ0n) is 22.8. The van der Waals surface area contributed by atoms with E-state index in [1.807, 2.05) is 11.0 Å². The summed E-state index contributed by atoms with van der Waals surface area (Å²) in [7, 11) is 1.75. The van der Waals surface area contributed by atoms with E-state index in [-0.39, 0.29) is 11.9 Å². The highest BCUT2D eigenvalue weighted by molar-refractivity contribution is 5.82. The summed E-state index contributed by atoms with van der Waals surface area (Å²) < 4.78 is 5.74. The molecule has 2 atom stereocenters. The van der Waals surface area contributed by atoms with Crippen LogP contribution in [0.2, 0.25) is 0 Å². The molecule has 0 bridgehead atoms. The molecule has 1 aliphatic rings. The molecule has 0 aromatic heterocycles. The summed E-state index contributed by atoms with van der Waals surface area (Å²) in [4.78, 5) is 20.1. The first kappa shape index (κ1) is 28.2. The predicted molar refractivity (Wildman–Crippen MR) is 148 cm³/mol. The van der Waals surface area contributed by atoms with Gasteiger partial charge in [-0.3, -0.25) is 9.69 Å². The van der Waals surface area contributed by atoms with Gasteiger partial charge in [0.05, 0.1) is 13.2 Å². The first-order chi connectivity index (χ1) is 17.5. The highest BCUT2D eigenvalue weighted by Crippen LogP contribution is 2.33. The van der Waals surface area contributed by atoms with Gasteiger partial charge in [0.2, 0.25) is 5.91 Å². The summed E-state index contributed by atoms with van der Waals surface area (Å²) in [5.74, 6) is 1.01. The number of unbranched alkanes of at least 4 members (excludes halogenated alkanes) is 1. The van der Waals surface area contributed by atoms with Crippen molar-refractivity contribution in [3.8, 4) is 5.75 Å². The average Bonchev–Trinajstić information content (AvgIpc) is 2.92. The first-order valence-corrected chi connectivity index (χ1v) is 13.7. The zero-order valence-corrected chi connectivity index (χ0v) is 22.8. The minimum atomic E-state index is -0.496. The highest BCUT2D eigenvalue weighted by Gasteiger charge is 2.30. The van der Waals surface area contributed by atoms with E-state index < -0.39 is 6.04 Å². The Morgan fingerprint density at radius 2 is 1.67 bits per heavy atom. The van der Waals surface area contributed by atoms with Gasteiger partial charge >= 0.3 is 0 Å². The van der Waals surface area contributed by atoms with Crippen molar-refractivity contribution < 1.29 is 9.53 Å². The maximum absolute atomic E-state index is 13.1. The molecule has 1 amide bonds. The van der Waals surface area contributed by atoms with Crippen LogP contribution in [0.1, 0.15) is 55.8 Å². The van der Waals surface area contributed by atoms with Crippen LogP contribution in [0, 0.1) is 6.92 Å². The number of piperazine rings is 1. The number of carbonyl (C=O) groups excluding carboxylic acids is 1. The van der Waals surface area contributed by atoms with Gasteiger partial charge in [-0.1, -0.05) is 68.3 Å². The lowest BCUT2D eigenvalue weighted by Crippen LogP contribution is -2.54. The number of rotatable bonds is 13. The third-order valence-electron chi connectivity index (χ3n) is 7.55. The summed E-state index contributed by atoms with van der Waals surface area (Å²) >= 11 is 0. The van der Waals surface area contributed by atoms with Crippen LogP contribution in [0.5, 0.6) is 5.75 Å². The Morgan fingerprint density at radius 3 is 2.31 bits per heavy atom. The molecule has 0 radical (unpaired) electrons. The van der Waals surface area contributed by atoms with Crippen LogP contribution < -0.4 is 10.5 Å². The molecule has 2 N–H and O–H groups in total. The summed E-state index contributed by atoms with van der Waals surface area (Å²) in [6, 6.07) is 16.5. The second kappa shape index (κ2) is 14.4. The summed E-state index contributed by atoms with van der Waals surface area (Å²) in [5.41, 5.74) is 9.92. The molecule has 6 heteroatoms. The maximum atomic E-state index is 13.1. The highest BCUT2D eigenvalue weighted by atomic mass is 16.5. The van der Waals surface area contributed by atoms with E-state index in [4.69, 9.17) is 10.5 Å². The third kappa shape index (κ3) is 7.79. The predicted octanol–water partition coefficient (Wildman–Crippen LogP) is 4.27. The number of aryl methyl sites for hydroxylation is 1. The van der Waals surface area contributed by atoms with Crippen LogP contribution in [0.25, 0.3) is 0 Å².